The number of anilines is 2. The lowest BCUT2D eigenvalue weighted by Gasteiger charge is -2.28. The molecule has 23 heteroatoms. The van der Waals surface area contributed by atoms with Crippen LogP contribution in [0.1, 0.15) is 53.1 Å². The number of para-hydroxylation sites is 1. The van der Waals surface area contributed by atoms with Crippen molar-refractivity contribution in [2.75, 3.05) is 51.1 Å². The van der Waals surface area contributed by atoms with Gasteiger partial charge in [0.25, 0.3) is 11.7 Å². The van der Waals surface area contributed by atoms with Crippen LogP contribution in [-0.2, 0) is 67.7 Å². The molecule has 0 bridgehead atoms. The molecule has 3 N–H and O–H groups in total. The quantitative estimate of drug-likeness (QED) is 0.0532. The van der Waals surface area contributed by atoms with Crippen molar-refractivity contribution in [2.45, 2.75) is 63.3 Å². The number of ketones is 1. The average molecular weight is 1090 g/mol. The number of aliphatic hydroxyl groups is 1. The van der Waals surface area contributed by atoms with Crippen LogP contribution in [0.15, 0.2) is 117 Å². The molecule has 0 spiro atoms. The zero-order chi connectivity index (χ0) is 54.7. The number of hydrogen-bond acceptors (Lipinski definition) is 19. The number of Topliss-reactive ketones (excluding diaryl/α,β-unsaturated/α-hetero) is 1. The Labute approximate surface area is 429 Å². The van der Waals surface area contributed by atoms with E-state index in [9.17, 15) is 54.3 Å². The number of amides is 1. The standard InChI is InChI=1S/C24H23NO5S2.C10H9NS.C7H12O5S.C4H6O4.C4H10O2S/c1-15(2)32(28,29)23-21(19-6-4-5-7-20(19)30-3)25(24(27)22(23)26)18-10-8-16(9-11-18)17-12-13-31-14-17;11-10-3-1-8(2-4-10)9-5-6-12-7-9;1-5(2)13(10,11)4-6(8)7(9)12-3;1-7-3(5)4(6)8-2;1-4(2)7(3,5)6/h4-15,21,26H,1-3H3;1-7H,11H2;5H,4H2,1-3H3;1-2H3;4H,1-3H3. The van der Waals surface area contributed by atoms with Gasteiger partial charge in [0.2, 0.25) is 0 Å². The number of rotatable bonds is 12. The summed E-state index contributed by atoms with van der Waals surface area (Å²) < 4.78 is 86.9. The highest BCUT2D eigenvalue weighted by molar-refractivity contribution is 7.96. The van der Waals surface area contributed by atoms with Crippen molar-refractivity contribution in [3.63, 3.8) is 0 Å². The Morgan fingerprint density at radius 3 is 1.46 bits per heavy atom. The number of ether oxygens (including phenoxy) is 4. The second-order valence-electron chi connectivity index (χ2n) is 16.0. The van der Waals surface area contributed by atoms with Gasteiger partial charge in [0.05, 0.1) is 44.2 Å². The maximum Gasteiger partial charge on any atom is 0.417 e. The first-order valence-electron chi connectivity index (χ1n) is 21.4. The number of nitrogens with zero attached hydrogens (tertiary/aromatic N) is 1. The second-order valence-corrected chi connectivity index (χ2v) is 25.1. The molecule has 0 saturated carbocycles. The summed E-state index contributed by atoms with van der Waals surface area (Å²) in [5.74, 6) is -5.98. The summed E-state index contributed by atoms with van der Waals surface area (Å²) in [7, 11) is -5.46. The highest BCUT2D eigenvalue weighted by Gasteiger charge is 2.48. The van der Waals surface area contributed by atoms with Gasteiger partial charge in [-0.2, -0.15) is 22.7 Å². The molecule has 0 saturated heterocycles. The number of methoxy groups -OCH3 is 4. The van der Waals surface area contributed by atoms with E-state index in [4.69, 9.17) is 10.5 Å². The molecule has 1 atom stereocenters. The van der Waals surface area contributed by atoms with Gasteiger partial charge in [-0.05, 0) is 128 Å². The normalized spacial score (nSPS) is 13.3. The smallest absolute Gasteiger partial charge is 0.417 e. The largest absolute Gasteiger partial charge is 0.502 e. The maximum absolute atomic E-state index is 13.2. The third kappa shape index (κ3) is 17.4. The Balaban J connectivity index is 0.000000364. The Morgan fingerprint density at radius 1 is 0.639 bits per heavy atom. The number of esters is 3. The van der Waals surface area contributed by atoms with Crippen LogP contribution < -0.4 is 15.4 Å². The lowest BCUT2D eigenvalue weighted by molar-refractivity contribution is -0.164. The van der Waals surface area contributed by atoms with E-state index in [1.165, 1.54) is 57.1 Å². The van der Waals surface area contributed by atoms with E-state index in [0.717, 1.165) is 38.1 Å². The number of thiophene rings is 2. The van der Waals surface area contributed by atoms with Crippen LogP contribution in [-0.4, -0.2) is 116 Å². The molecule has 0 fully saturated rings. The van der Waals surface area contributed by atoms with Gasteiger partial charge in [-0.25, -0.2) is 39.6 Å². The van der Waals surface area contributed by atoms with Crippen molar-refractivity contribution in [3.05, 3.63) is 123 Å². The fraction of sp³-hybridized carbons (Fsp3) is 0.327. The van der Waals surface area contributed by atoms with Crippen LogP contribution in [0.3, 0.4) is 0 Å². The predicted octanol–water partition coefficient (Wildman–Crippen LogP) is 7.43. The zero-order valence-corrected chi connectivity index (χ0v) is 45.6. The summed E-state index contributed by atoms with van der Waals surface area (Å²) >= 11 is 3.29. The number of hydrogen-bond donors (Lipinski definition) is 2. The van der Waals surface area contributed by atoms with E-state index >= 15 is 0 Å². The van der Waals surface area contributed by atoms with Gasteiger partial charge in [-0.15, -0.1) is 0 Å². The first-order chi connectivity index (χ1) is 33.6. The molecule has 1 aliphatic heterocycles. The van der Waals surface area contributed by atoms with Crippen LogP contribution in [0.25, 0.3) is 22.3 Å². The number of nitrogens with two attached hydrogens (primary N) is 1. The van der Waals surface area contributed by atoms with Crippen molar-refractivity contribution in [2.24, 2.45) is 0 Å². The van der Waals surface area contributed by atoms with Gasteiger partial charge in [0, 0.05) is 23.2 Å². The van der Waals surface area contributed by atoms with E-state index in [-0.39, 0.29) is 10.2 Å². The molecule has 18 nitrogen and oxygen atoms in total. The summed E-state index contributed by atoms with van der Waals surface area (Å²) in [6.07, 6.45) is 1.23. The topological polar surface area (TPSA) is 274 Å². The van der Waals surface area contributed by atoms with Crippen molar-refractivity contribution < 1.29 is 73.3 Å². The van der Waals surface area contributed by atoms with E-state index < -0.39 is 87.2 Å². The molecular weight excluding hydrogens is 1030 g/mol. The van der Waals surface area contributed by atoms with E-state index in [0.29, 0.717) is 17.0 Å². The van der Waals surface area contributed by atoms with Gasteiger partial charge in [0.15, 0.2) is 25.4 Å². The lowest BCUT2D eigenvalue weighted by Crippen LogP contribution is -2.32. The Bertz CT molecular complexity index is 2950. The van der Waals surface area contributed by atoms with E-state index in [2.05, 4.69) is 31.0 Å². The highest BCUT2D eigenvalue weighted by Crippen LogP contribution is 2.46. The summed E-state index contributed by atoms with van der Waals surface area (Å²) in [4.78, 5) is 55.7. The minimum atomic E-state index is -3.95. The molecule has 0 radical (unpaired) electrons. The third-order valence-electron chi connectivity index (χ3n) is 10.1. The number of nitrogen functional groups attached to an aromatic ring is 1. The van der Waals surface area contributed by atoms with Gasteiger partial charge >= 0.3 is 17.9 Å². The summed E-state index contributed by atoms with van der Waals surface area (Å²) in [5.41, 5.74) is 11.9. The minimum absolute atomic E-state index is 0.229. The molecule has 1 amide bonds. The molecule has 72 heavy (non-hydrogen) atoms. The van der Waals surface area contributed by atoms with Gasteiger partial charge in [-0.1, -0.05) is 42.5 Å². The molecule has 3 heterocycles. The number of benzene rings is 3. The molecule has 392 valence electrons. The first kappa shape index (κ1) is 61.7. The van der Waals surface area contributed by atoms with Crippen LogP contribution in [0, 0.1) is 0 Å². The number of carbonyl (C=O) groups is 5. The number of carbonyl (C=O) groups excluding carboxylic acids is 5. The minimum Gasteiger partial charge on any atom is -0.502 e. The van der Waals surface area contributed by atoms with E-state index in [1.807, 2.05) is 53.2 Å². The lowest BCUT2D eigenvalue weighted by atomic mass is 10.0. The Morgan fingerprint density at radius 2 is 1.08 bits per heavy atom. The molecule has 1 unspecified atom stereocenters. The van der Waals surface area contributed by atoms with E-state index in [1.54, 1.807) is 72.9 Å². The molecule has 2 aromatic heterocycles. The molecule has 6 rings (SSSR count). The molecule has 3 aromatic carbocycles. The summed E-state index contributed by atoms with van der Waals surface area (Å²) in [6.45, 7) is 9.26. The predicted molar refractivity (Wildman–Crippen MR) is 281 cm³/mol. The fourth-order valence-corrected chi connectivity index (χ4v) is 9.16. The average Bonchev–Trinajstić information content (AvgIpc) is 4.14. The maximum atomic E-state index is 13.2. The first-order valence-corrected chi connectivity index (χ1v) is 28.5. The van der Waals surface area contributed by atoms with Crippen molar-refractivity contribution >= 4 is 93.2 Å². The molecule has 0 aliphatic carbocycles. The fourth-order valence-electron chi connectivity index (χ4n) is 5.60. The molecular formula is C49H60N2O16S5. The zero-order valence-electron chi connectivity index (χ0n) is 41.5. The molecule has 1 aliphatic rings. The van der Waals surface area contributed by atoms with Crippen molar-refractivity contribution in [3.8, 4) is 28.0 Å². The number of aliphatic hydroxyl groups excluding tert-OH is 1. The van der Waals surface area contributed by atoms with Crippen LogP contribution >= 0.6 is 22.7 Å². The Kier molecular flexibility index (Phi) is 24.0. The molecule has 5 aromatic rings. The SMILES string of the molecule is CC(C)S(C)(=O)=O.COC(=O)C(=O)CS(=O)(=O)C(C)C.COC(=O)C(=O)OC.COc1ccccc1C1C(S(=O)(=O)C(C)C)=C(O)C(=O)N1c1ccc(-c2ccsc2)cc1.Nc1ccc(-c2ccsc2)cc1. The summed E-state index contributed by atoms with van der Waals surface area (Å²) in [5, 5.41) is 17.2. The number of sulfone groups is 3. The third-order valence-corrected chi connectivity index (χ3v) is 17.6. The summed E-state index contributed by atoms with van der Waals surface area (Å²) in [6, 6.07) is 25.2. The van der Waals surface area contributed by atoms with Crippen LogP contribution in [0.2, 0.25) is 0 Å². The second kappa shape index (κ2) is 28.0. The monoisotopic (exact) mass is 1090 g/mol. The van der Waals surface area contributed by atoms with Gasteiger partial charge < -0.3 is 29.8 Å². The van der Waals surface area contributed by atoms with Crippen molar-refractivity contribution in [1.29, 1.82) is 0 Å². The van der Waals surface area contributed by atoms with Gasteiger partial charge in [-0.3, -0.25) is 14.5 Å². The van der Waals surface area contributed by atoms with Crippen LogP contribution in [0.4, 0.5) is 11.4 Å². The Hall–Kier alpha value is -6.40. The highest BCUT2D eigenvalue weighted by atomic mass is 32.2. The van der Waals surface area contributed by atoms with Crippen molar-refractivity contribution in [1.82, 2.24) is 0 Å². The van der Waals surface area contributed by atoms with Gasteiger partial charge in [0.1, 0.15) is 32.3 Å². The van der Waals surface area contributed by atoms with Crippen LogP contribution in [0.5, 0.6) is 5.75 Å².